The Morgan fingerprint density at radius 2 is 1.57 bits per heavy atom. The van der Waals surface area contributed by atoms with Gasteiger partial charge in [0.2, 0.25) is 0 Å². The number of benzene rings is 1. The van der Waals surface area contributed by atoms with Crippen LogP contribution in [0.4, 0.5) is 0 Å². The monoisotopic (exact) mass is 344 g/mol. The normalized spacial score (nSPS) is 11.1. The first-order valence-corrected chi connectivity index (χ1v) is 8.88. The van der Waals surface area contributed by atoms with Gasteiger partial charge in [0, 0.05) is 6.26 Å². The number of carbonyl (C=O) groups excluding carboxylic acids is 2. The summed E-state index contributed by atoms with van der Waals surface area (Å²) in [6.45, 7) is 0.0606. The molecule has 0 fully saturated rings. The number of carbonyl (C=O) groups is 2. The summed E-state index contributed by atoms with van der Waals surface area (Å²) < 4.78 is 36.5. The van der Waals surface area contributed by atoms with Crippen molar-refractivity contribution in [2.24, 2.45) is 5.92 Å². The van der Waals surface area contributed by atoms with Crippen molar-refractivity contribution < 1.29 is 32.2 Å². The zero-order valence-electron chi connectivity index (χ0n) is 13.3. The van der Waals surface area contributed by atoms with Gasteiger partial charge in [0.25, 0.3) is 0 Å². The van der Waals surface area contributed by atoms with Crippen molar-refractivity contribution >= 4 is 21.8 Å². The van der Waals surface area contributed by atoms with Crippen LogP contribution in [0, 0.1) is 5.92 Å². The number of hydrogen-bond donors (Lipinski definition) is 0. The molecule has 0 bridgehead atoms. The van der Waals surface area contributed by atoms with Crippen molar-refractivity contribution in [3.8, 4) is 5.75 Å². The standard InChI is InChI=1S/C15H20O7S/c1-20-14(16)13(15(17)21-2)10-11-4-6-12(7-5-11)22-8-9-23(3,18)19/h4-7,13H,8-10H2,1-3H3. The summed E-state index contributed by atoms with van der Waals surface area (Å²) >= 11 is 0. The van der Waals surface area contributed by atoms with Crippen LogP contribution >= 0.6 is 0 Å². The summed E-state index contributed by atoms with van der Waals surface area (Å²) in [4.78, 5) is 23.2. The predicted molar refractivity (Wildman–Crippen MR) is 82.9 cm³/mol. The second-order valence-electron chi connectivity index (χ2n) is 4.93. The summed E-state index contributed by atoms with van der Waals surface area (Å²) in [7, 11) is -0.660. The van der Waals surface area contributed by atoms with E-state index in [4.69, 9.17) is 4.74 Å². The molecule has 8 heteroatoms. The molecule has 0 radical (unpaired) electrons. The quantitative estimate of drug-likeness (QED) is 0.504. The summed E-state index contributed by atoms with van der Waals surface area (Å²) in [5, 5.41) is 0. The third-order valence-corrected chi connectivity index (χ3v) is 3.97. The van der Waals surface area contributed by atoms with E-state index in [0.717, 1.165) is 11.8 Å². The second kappa shape index (κ2) is 8.52. The zero-order valence-corrected chi connectivity index (χ0v) is 14.1. The first kappa shape index (κ1) is 19.0. The van der Waals surface area contributed by atoms with E-state index in [1.807, 2.05) is 0 Å². The average Bonchev–Trinajstić information content (AvgIpc) is 2.51. The average molecular weight is 344 g/mol. The SMILES string of the molecule is COC(=O)C(Cc1ccc(OCCS(C)(=O)=O)cc1)C(=O)OC. The largest absolute Gasteiger partial charge is 0.493 e. The van der Waals surface area contributed by atoms with E-state index in [-0.39, 0.29) is 18.8 Å². The van der Waals surface area contributed by atoms with Gasteiger partial charge in [-0.05, 0) is 24.1 Å². The fraction of sp³-hybridized carbons (Fsp3) is 0.467. The van der Waals surface area contributed by atoms with E-state index in [0.29, 0.717) is 5.75 Å². The first-order valence-electron chi connectivity index (χ1n) is 6.82. The van der Waals surface area contributed by atoms with Gasteiger partial charge in [-0.25, -0.2) is 8.42 Å². The van der Waals surface area contributed by atoms with Crippen molar-refractivity contribution in [1.82, 2.24) is 0 Å². The maximum Gasteiger partial charge on any atom is 0.320 e. The summed E-state index contributed by atoms with van der Waals surface area (Å²) in [5.41, 5.74) is 0.723. The van der Waals surface area contributed by atoms with Crippen LogP contribution in [0.3, 0.4) is 0 Å². The topological polar surface area (TPSA) is 96.0 Å². The molecule has 1 aromatic rings. The first-order chi connectivity index (χ1) is 10.8. The molecular weight excluding hydrogens is 324 g/mol. The molecule has 0 atom stereocenters. The number of hydrogen-bond acceptors (Lipinski definition) is 7. The second-order valence-corrected chi connectivity index (χ2v) is 7.19. The molecule has 0 amide bonds. The van der Waals surface area contributed by atoms with Gasteiger partial charge in [0.1, 0.15) is 12.4 Å². The molecule has 0 N–H and O–H groups in total. The smallest absolute Gasteiger partial charge is 0.320 e. The Kier molecular flexibility index (Phi) is 7.02. The number of esters is 2. The van der Waals surface area contributed by atoms with Gasteiger partial charge in [0.15, 0.2) is 15.8 Å². The highest BCUT2D eigenvalue weighted by molar-refractivity contribution is 7.90. The molecule has 0 spiro atoms. The van der Waals surface area contributed by atoms with Gasteiger partial charge >= 0.3 is 11.9 Å². The van der Waals surface area contributed by atoms with E-state index < -0.39 is 27.7 Å². The number of sulfone groups is 1. The van der Waals surface area contributed by atoms with Crippen LogP contribution in [-0.2, 0) is 35.3 Å². The molecule has 128 valence electrons. The molecule has 1 rings (SSSR count). The number of rotatable bonds is 8. The zero-order chi connectivity index (χ0) is 17.5. The van der Waals surface area contributed by atoms with Crippen molar-refractivity contribution in [3.05, 3.63) is 29.8 Å². The molecule has 0 heterocycles. The van der Waals surface area contributed by atoms with E-state index >= 15 is 0 Å². The minimum absolute atomic E-state index is 0.0606. The van der Waals surface area contributed by atoms with Crippen LogP contribution < -0.4 is 4.74 Å². The van der Waals surface area contributed by atoms with Crippen LogP contribution in [-0.4, -0.2) is 53.2 Å². The van der Waals surface area contributed by atoms with E-state index in [2.05, 4.69) is 9.47 Å². The highest BCUT2D eigenvalue weighted by Crippen LogP contribution is 2.17. The number of methoxy groups -OCH3 is 2. The summed E-state index contributed by atoms with van der Waals surface area (Å²) in [5.74, 6) is -1.91. The molecule has 0 unspecified atom stereocenters. The van der Waals surface area contributed by atoms with Gasteiger partial charge in [-0.3, -0.25) is 9.59 Å². The lowest BCUT2D eigenvalue weighted by Gasteiger charge is -2.13. The fourth-order valence-corrected chi connectivity index (χ4v) is 2.20. The Bertz CT molecular complexity index is 618. The third-order valence-electron chi connectivity index (χ3n) is 3.06. The molecule has 0 aromatic heterocycles. The molecule has 0 saturated heterocycles. The van der Waals surface area contributed by atoms with Gasteiger partial charge in [-0.1, -0.05) is 12.1 Å². The highest BCUT2D eigenvalue weighted by atomic mass is 32.2. The molecule has 0 aliphatic carbocycles. The molecule has 0 aliphatic rings. The maximum absolute atomic E-state index is 11.6. The molecule has 0 aliphatic heterocycles. The van der Waals surface area contributed by atoms with Crippen LogP contribution in [0.2, 0.25) is 0 Å². The van der Waals surface area contributed by atoms with Gasteiger partial charge in [-0.2, -0.15) is 0 Å². The molecule has 1 aromatic carbocycles. The van der Waals surface area contributed by atoms with Gasteiger partial charge < -0.3 is 14.2 Å². The van der Waals surface area contributed by atoms with Crippen LogP contribution in [0.1, 0.15) is 5.56 Å². The van der Waals surface area contributed by atoms with Gasteiger partial charge in [-0.15, -0.1) is 0 Å². The molecule has 23 heavy (non-hydrogen) atoms. The lowest BCUT2D eigenvalue weighted by molar-refractivity contribution is -0.158. The predicted octanol–water partition coefficient (Wildman–Crippen LogP) is 0.615. The lowest BCUT2D eigenvalue weighted by Crippen LogP contribution is -2.28. The van der Waals surface area contributed by atoms with Gasteiger partial charge in [0.05, 0.1) is 20.0 Å². The molecular formula is C15H20O7S. The lowest BCUT2D eigenvalue weighted by atomic mass is 9.99. The van der Waals surface area contributed by atoms with Crippen molar-refractivity contribution in [2.75, 3.05) is 32.8 Å². The van der Waals surface area contributed by atoms with E-state index in [9.17, 15) is 18.0 Å². The van der Waals surface area contributed by atoms with Crippen LogP contribution in [0.25, 0.3) is 0 Å². The maximum atomic E-state index is 11.6. The van der Waals surface area contributed by atoms with Crippen LogP contribution in [0.5, 0.6) is 5.75 Å². The molecule has 7 nitrogen and oxygen atoms in total. The van der Waals surface area contributed by atoms with E-state index in [1.54, 1.807) is 24.3 Å². The summed E-state index contributed by atoms with van der Waals surface area (Å²) in [6, 6.07) is 6.66. The Balaban J connectivity index is 2.68. The van der Waals surface area contributed by atoms with E-state index in [1.165, 1.54) is 14.2 Å². The van der Waals surface area contributed by atoms with Crippen LogP contribution in [0.15, 0.2) is 24.3 Å². The van der Waals surface area contributed by atoms with Crippen molar-refractivity contribution in [1.29, 1.82) is 0 Å². The Morgan fingerprint density at radius 3 is 2.00 bits per heavy atom. The minimum Gasteiger partial charge on any atom is -0.493 e. The highest BCUT2D eigenvalue weighted by Gasteiger charge is 2.28. The third kappa shape index (κ3) is 6.68. The summed E-state index contributed by atoms with van der Waals surface area (Å²) in [6.07, 6.45) is 1.28. The Morgan fingerprint density at radius 1 is 1.04 bits per heavy atom. The minimum atomic E-state index is -3.07. The van der Waals surface area contributed by atoms with Crippen molar-refractivity contribution in [3.63, 3.8) is 0 Å². The number of ether oxygens (including phenoxy) is 3. The fourth-order valence-electron chi connectivity index (χ4n) is 1.82. The molecule has 0 saturated carbocycles. The Hall–Kier alpha value is -2.09. The Labute approximate surface area is 135 Å². The van der Waals surface area contributed by atoms with Crippen molar-refractivity contribution in [2.45, 2.75) is 6.42 Å².